The van der Waals surface area contributed by atoms with Gasteiger partial charge in [0.2, 0.25) is 5.91 Å². The SMILES string of the molecule is CN=C(NCCc1ccc(C(F)(F)F)cc1)N1CCC(CC(=O)NC)CC1. The van der Waals surface area contributed by atoms with E-state index in [2.05, 4.69) is 20.5 Å². The fourth-order valence-corrected chi connectivity index (χ4v) is 3.22. The second kappa shape index (κ2) is 9.62. The zero-order chi connectivity index (χ0) is 19.9. The molecule has 1 saturated heterocycles. The van der Waals surface area contributed by atoms with Crippen LogP contribution in [0.1, 0.15) is 30.4 Å². The van der Waals surface area contributed by atoms with Gasteiger partial charge >= 0.3 is 6.18 Å². The van der Waals surface area contributed by atoms with E-state index >= 15 is 0 Å². The topological polar surface area (TPSA) is 56.7 Å². The number of carbonyl (C=O) groups is 1. The lowest BCUT2D eigenvalue weighted by molar-refractivity contribution is -0.137. The molecule has 0 radical (unpaired) electrons. The van der Waals surface area contributed by atoms with Crippen LogP contribution < -0.4 is 10.6 Å². The molecule has 1 aliphatic rings. The molecular formula is C19H27F3N4O. The van der Waals surface area contributed by atoms with Crippen molar-refractivity contribution in [2.75, 3.05) is 33.7 Å². The van der Waals surface area contributed by atoms with Crippen molar-refractivity contribution in [2.45, 2.75) is 31.9 Å². The summed E-state index contributed by atoms with van der Waals surface area (Å²) in [5.41, 5.74) is 0.213. The van der Waals surface area contributed by atoms with Crippen LogP contribution in [0.5, 0.6) is 0 Å². The van der Waals surface area contributed by atoms with Crippen molar-refractivity contribution in [1.29, 1.82) is 0 Å². The number of hydrogen-bond donors (Lipinski definition) is 2. The highest BCUT2D eigenvalue weighted by atomic mass is 19.4. The minimum absolute atomic E-state index is 0.0764. The predicted molar refractivity (Wildman–Crippen MR) is 99.5 cm³/mol. The van der Waals surface area contributed by atoms with Crippen LogP contribution in [-0.4, -0.2) is 50.5 Å². The lowest BCUT2D eigenvalue weighted by atomic mass is 9.93. The summed E-state index contributed by atoms with van der Waals surface area (Å²) < 4.78 is 37.8. The molecule has 0 atom stereocenters. The predicted octanol–water partition coefficient (Wildman–Crippen LogP) is 2.67. The number of amides is 1. The average Bonchev–Trinajstić information content (AvgIpc) is 2.65. The summed E-state index contributed by atoms with van der Waals surface area (Å²) in [6.45, 7) is 2.26. The molecule has 5 nitrogen and oxygen atoms in total. The summed E-state index contributed by atoms with van der Waals surface area (Å²) in [6.07, 6.45) is -1.25. The van der Waals surface area contributed by atoms with E-state index in [0.29, 0.717) is 25.3 Å². The van der Waals surface area contributed by atoms with Gasteiger partial charge < -0.3 is 15.5 Å². The summed E-state index contributed by atoms with van der Waals surface area (Å²) in [7, 11) is 3.37. The van der Waals surface area contributed by atoms with Crippen LogP contribution in [0.15, 0.2) is 29.3 Å². The number of nitrogens with one attached hydrogen (secondary N) is 2. The van der Waals surface area contributed by atoms with Gasteiger partial charge in [-0.1, -0.05) is 12.1 Å². The molecule has 1 aromatic carbocycles. The van der Waals surface area contributed by atoms with Gasteiger partial charge in [0.1, 0.15) is 0 Å². The first kappa shape index (κ1) is 21.1. The van der Waals surface area contributed by atoms with Crippen molar-refractivity contribution >= 4 is 11.9 Å². The number of aliphatic imine (C=N–C) groups is 1. The van der Waals surface area contributed by atoms with Crippen LogP contribution in [-0.2, 0) is 17.4 Å². The van der Waals surface area contributed by atoms with Crippen molar-refractivity contribution in [3.63, 3.8) is 0 Å². The summed E-state index contributed by atoms with van der Waals surface area (Å²) in [6, 6.07) is 5.25. The highest BCUT2D eigenvalue weighted by molar-refractivity contribution is 5.80. The number of alkyl halides is 3. The minimum atomic E-state index is -4.30. The van der Waals surface area contributed by atoms with Crippen LogP contribution in [0.25, 0.3) is 0 Å². The molecule has 1 amide bonds. The molecule has 0 aliphatic carbocycles. The lowest BCUT2D eigenvalue weighted by Crippen LogP contribution is -2.46. The Morgan fingerprint density at radius 1 is 1.22 bits per heavy atom. The van der Waals surface area contributed by atoms with Crippen molar-refractivity contribution in [1.82, 2.24) is 15.5 Å². The van der Waals surface area contributed by atoms with Crippen molar-refractivity contribution in [3.8, 4) is 0 Å². The van der Waals surface area contributed by atoms with Gasteiger partial charge in [-0.25, -0.2) is 0 Å². The Kier molecular flexibility index (Phi) is 7.50. The molecule has 27 heavy (non-hydrogen) atoms. The Morgan fingerprint density at radius 3 is 2.37 bits per heavy atom. The highest BCUT2D eigenvalue weighted by Gasteiger charge is 2.29. The molecule has 1 aromatic rings. The molecule has 150 valence electrons. The van der Waals surface area contributed by atoms with Crippen LogP contribution in [0.2, 0.25) is 0 Å². The number of hydrogen-bond acceptors (Lipinski definition) is 2. The van der Waals surface area contributed by atoms with Gasteiger partial charge in [-0.2, -0.15) is 13.2 Å². The number of halogens is 3. The zero-order valence-corrected chi connectivity index (χ0v) is 15.8. The van der Waals surface area contributed by atoms with E-state index in [1.54, 1.807) is 14.1 Å². The van der Waals surface area contributed by atoms with Gasteiger partial charge in [-0.15, -0.1) is 0 Å². The number of benzene rings is 1. The van der Waals surface area contributed by atoms with Crippen molar-refractivity contribution < 1.29 is 18.0 Å². The lowest BCUT2D eigenvalue weighted by Gasteiger charge is -2.34. The first-order valence-corrected chi connectivity index (χ1v) is 9.15. The van der Waals surface area contributed by atoms with E-state index in [1.807, 2.05) is 0 Å². The van der Waals surface area contributed by atoms with E-state index in [1.165, 1.54) is 12.1 Å². The van der Waals surface area contributed by atoms with E-state index < -0.39 is 11.7 Å². The maximum Gasteiger partial charge on any atom is 0.416 e. The Labute approximate surface area is 158 Å². The second-order valence-corrected chi connectivity index (χ2v) is 6.73. The van der Waals surface area contributed by atoms with Crippen molar-refractivity contribution in [3.05, 3.63) is 35.4 Å². The molecular weight excluding hydrogens is 357 g/mol. The molecule has 1 aliphatic heterocycles. The third-order valence-electron chi connectivity index (χ3n) is 4.86. The Morgan fingerprint density at radius 2 is 1.85 bits per heavy atom. The number of piperidine rings is 1. The highest BCUT2D eigenvalue weighted by Crippen LogP contribution is 2.29. The summed E-state index contributed by atoms with van der Waals surface area (Å²) >= 11 is 0. The molecule has 1 fully saturated rings. The van der Waals surface area contributed by atoms with E-state index in [4.69, 9.17) is 0 Å². The monoisotopic (exact) mass is 384 g/mol. The molecule has 0 bridgehead atoms. The molecule has 0 aromatic heterocycles. The maximum atomic E-state index is 12.6. The Bertz CT molecular complexity index is 635. The standard InChI is InChI=1S/C19H27F3N4O/c1-23-17(27)13-15-8-11-26(12-9-15)18(24-2)25-10-7-14-3-5-16(6-4-14)19(20,21)22/h3-6,15H,7-13H2,1-2H3,(H,23,27)(H,24,25). The minimum Gasteiger partial charge on any atom is -0.359 e. The van der Waals surface area contributed by atoms with Crippen LogP contribution in [0.3, 0.4) is 0 Å². The van der Waals surface area contributed by atoms with Crippen LogP contribution in [0, 0.1) is 5.92 Å². The number of nitrogens with zero attached hydrogens (tertiary/aromatic N) is 2. The number of likely N-dealkylation sites (tertiary alicyclic amines) is 1. The fourth-order valence-electron chi connectivity index (χ4n) is 3.22. The van der Waals surface area contributed by atoms with Crippen LogP contribution in [0.4, 0.5) is 13.2 Å². The summed E-state index contributed by atoms with van der Waals surface area (Å²) in [5.74, 6) is 1.26. The number of guanidine groups is 1. The normalized spacial score (nSPS) is 16.3. The number of carbonyl (C=O) groups excluding carboxylic acids is 1. The third kappa shape index (κ3) is 6.45. The van der Waals surface area contributed by atoms with Gasteiger partial charge in [0.05, 0.1) is 5.56 Å². The molecule has 2 N–H and O–H groups in total. The average molecular weight is 384 g/mol. The smallest absolute Gasteiger partial charge is 0.359 e. The summed E-state index contributed by atoms with van der Waals surface area (Å²) in [4.78, 5) is 17.9. The van der Waals surface area contributed by atoms with E-state index in [-0.39, 0.29) is 5.91 Å². The maximum absolute atomic E-state index is 12.6. The van der Waals surface area contributed by atoms with Gasteiger partial charge in [0.15, 0.2) is 5.96 Å². The quantitative estimate of drug-likeness (QED) is 0.606. The molecule has 0 saturated carbocycles. The number of rotatable bonds is 5. The second-order valence-electron chi connectivity index (χ2n) is 6.73. The van der Waals surface area contributed by atoms with Crippen LogP contribution >= 0.6 is 0 Å². The molecule has 2 rings (SSSR count). The van der Waals surface area contributed by atoms with Crippen molar-refractivity contribution in [2.24, 2.45) is 10.9 Å². The van der Waals surface area contributed by atoms with Gasteiger partial charge in [-0.3, -0.25) is 9.79 Å². The molecule has 1 heterocycles. The molecule has 8 heteroatoms. The Hall–Kier alpha value is -2.25. The molecule has 0 unspecified atom stereocenters. The Balaban J connectivity index is 1.77. The van der Waals surface area contributed by atoms with Gasteiger partial charge in [-0.05, 0) is 42.9 Å². The van der Waals surface area contributed by atoms with Gasteiger partial charge in [0.25, 0.3) is 0 Å². The largest absolute Gasteiger partial charge is 0.416 e. The first-order chi connectivity index (χ1) is 12.8. The van der Waals surface area contributed by atoms with Gasteiger partial charge in [0, 0.05) is 40.2 Å². The summed E-state index contributed by atoms with van der Waals surface area (Å²) in [5, 5.41) is 5.94. The van der Waals surface area contributed by atoms with E-state index in [9.17, 15) is 18.0 Å². The first-order valence-electron chi connectivity index (χ1n) is 9.15. The zero-order valence-electron chi connectivity index (χ0n) is 15.8. The fraction of sp³-hybridized carbons (Fsp3) is 0.579. The molecule has 0 spiro atoms. The van der Waals surface area contributed by atoms with E-state index in [0.717, 1.165) is 49.6 Å². The third-order valence-corrected chi connectivity index (χ3v) is 4.86.